The molecule has 6 nitrogen and oxygen atoms in total. The molecule has 0 amide bonds. The Morgan fingerprint density at radius 3 is 2.87 bits per heavy atom. The predicted octanol–water partition coefficient (Wildman–Crippen LogP) is 5.07. The fourth-order valence-corrected chi connectivity index (χ4v) is 4.75. The molecule has 2 unspecified atom stereocenters. The van der Waals surface area contributed by atoms with Gasteiger partial charge in [-0.15, -0.1) is 0 Å². The first kappa shape index (κ1) is 20.9. The maximum Gasteiger partial charge on any atom is 0.193 e. The van der Waals surface area contributed by atoms with Crippen molar-refractivity contribution in [2.75, 3.05) is 6.61 Å². The van der Waals surface area contributed by atoms with E-state index in [4.69, 9.17) is 21.1 Å². The Labute approximate surface area is 181 Å². The number of fused-ring (bicyclic) bond motifs is 5. The molecule has 2 atom stereocenters. The summed E-state index contributed by atoms with van der Waals surface area (Å²) in [6.45, 7) is 8.43. The monoisotopic (exact) mass is 430 g/mol. The zero-order valence-corrected chi connectivity index (χ0v) is 18.6. The van der Waals surface area contributed by atoms with Gasteiger partial charge in [-0.1, -0.05) is 38.8 Å². The van der Waals surface area contributed by atoms with Crippen molar-refractivity contribution in [3.63, 3.8) is 0 Å². The van der Waals surface area contributed by atoms with Crippen molar-refractivity contribution in [3.8, 4) is 22.9 Å². The number of rotatable bonds is 5. The van der Waals surface area contributed by atoms with Crippen molar-refractivity contribution >= 4 is 17.4 Å². The van der Waals surface area contributed by atoms with Gasteiger partial charge in [-0.25, -0.2) is 4.98 Å². The molecule has 2 aromatic heterocycles. The van der Waals surface area contributed by atoms with E-state index in [-0.39, 0.29) is 39.5 Å². The van der Waals surface area contributed by atoms with Gasteiger partial charge in [0, 0.05) is 18.3 Å². The highest BCUT2D eigenvalue weighted by atomic mass is 35.5. The van der Waals surface area contributed by atoms with Crippen molar-refractivity contribution in [3.05, 3.63) is 39.3 Å². The highest BCUT2D eigenvalue weighted by molar-refractivity contribution is 6.31. The Morgan fingerprint density at radius 2 is 2.17 bits per heavy atom. The van der Waals surface area contributed by atoms with E-state index >= 15 is 0 Å². The largest absolute Gasteiger partial charge is 0.490 e. The number of hydrogen-bond acceptors (Lipinski definition) is 5. The molecule has 0 spiro atoms. The van der Waals surface area contributed by atoms with Gasteiger partial charge in [0.25, 0.3) is 0 Å². The second kappa shape index (κ2) is 7.73. The fraction of sp³-hybridized carbons (Fsp3) is 0.522. The Balaban J connectivity index is 1.92. The Kier molecular flexibility index (Phi) is 5.39. The third kappa shape index (κ3) is 3.51. The lowest BCUT2D eigenvalue weighted by molar-refractivity contribution is 0.101. The molecule has 3 heterocycles. The summed E-state index contributed by atoms with van der Waals surface area (Å²) < 4.78 is 14.2. The van der Waals surface area contributed by atoms with Crippen molar-refractivity contribution in [1.29, 1.82) is 0 Å². The van der Waals surface area contributed by atoms with Crippen LogP contribution < -0.4 is 14.9 Å². The summed E-state index contributed by atoms with van der Waals surface area (Å²) in [6, 6.07) is 3.22. The zero-order chi connectivity index (χ0) is 21.6. The van der Waals surface area contributed by atoms with Crippen LogP contribution in [0.2, 0.25) is 5.15 Å². The van der Waals surface area contributed by atoms with Crippen LogP contribution in [-0.4, -0.2) is 28.0 Å². The summed E-state index contributed by atoms with van der Waals surface area (Å²) in [7, 11) is 0. The summed E-state index contributed by atoms with van der Waals surface area (Å²) in [5, 5.41) is 0.231. The Morgan fingerprint density at radius 1 is 1.40 bits per heavy atom. The number of Topliss-reactive ketones (excluding diaryl/α,β-unsaturated/α-hetero) is 1. The first-order valence-corrected chi connectivity index (χ1v) is 10.9. The standard InChI is InChI=1S/C23H27ClN2O4/c1-5-6-9-29-19-11-18-20(25-22(19)24)15-10-16(28)14(13(2)27)12-26(15)21-17(30-18)7-8-23(21,3)4/h10-12,17,21H,5-9H2,1-4H3. The molecule has 2 aromatic rings. The number of ether oxygens (including phenoxy) is 2. The minimum Gasteiger partial charge on any atom is -0.490 e. The minimum absolute atomic E-state index is 0.0383. The van der Waals surface area contributed by atoms with Gasteiger partial charge in [-0.2, -0.15) is 0 Å². The zero-order valence-electron chi connectivity index (χ0n) is 17.8. The molecule has 30 heavy (non-hydrogen) atoms. The number of aromatic nitrogens is 2. The predicted molar refractivity (Wildman–Crippen MR) is 116 cm³/mol. The highest BCUT2D eigenvalue weighted by Crippen LogP contribution is 2.52. The molecule has 160 valence electrons. The maximum absolute atomic E-state index is 12.7. The number of pyridine rings is 2. The molecule has 2 aliphatic rings. The van der Waals surface area contributed by atoms with Crippen LogP contribution in [0.25, 0.3) is 11.4 Å². The molecule has 0 bridgehead atoms. The second-order valence-electron chi connectivity index (χ2n) is 8.85. The van der Waals surface area contributed by atoms with E-state index in [2.05, 4.69) is 25.8 Å². The lowest BCUT2D eigenvalue weighted by atomic mass is 9.86. The Hall–Kier alpha value is -2.34. The molecular weight excluding hydrogens is 404 g/mol. The van der Waals surface area contributed by atoms with E-state index in [1.807, 2.05) is 4.57 Å². The van der Waals surface area contributed by atoms with E-state index < -0.39 is 0 Å². The topological polar surface area (TPSA) is 70.4 Å². The third-order valence-corrected chi connectivity index (χ3v) is 6.44. The van der Waals surface area contributed by atoms with Crippen molar-refractivity contribution in [2.45, 2.75) is 65.5 Å². The van der Waals surface area contributed by atoms with Crippen molar-refractivity contribution < 1.29 is 14.3 Å². The van der Waals surface area contributed by atoms with Gasteiger partial charge in [-0.3, -0.25) is 9.59 Å². The summed E-state index contributed by atoms with van der Waals surface area (Å²) in [4.78, 5) is 29.3. The number of hydrogen-bond donors (Lipinski definition) is 0. The fourth-order valence-electron chi connectivity index (χ4n) is 4.56. The van der Waals surface area contributed by atoms with E-state index in [9.17, 15) is 9.59 Å². The van der Waals surface area contributed by atoms with Gasteiger partial charge in [0.15, 0.2) is 27.9 Å². The molecule has 1 aliphatic heterocycles. The molecular formula is C23H27ClN2O4. The summed E-state index contributed by atoms with van der Waals surface area (Å²) in [5.41, 5.74) is 0.892. The SMILES string of the molecule is CCCCOc1cc2c(nc1Cl)-c1cc(=O)c(C(C)=O)cn1C1C(CCC1(C)C)O2. The quantitative estimate of drug-likeness (QED) is 0.376. The normalized spacial score (nSPS) is 21.1. The van der Waals surface area contributed by atoms with Gasteiger partial charge >= 0.3 is 0 Å². The molecule has 4 rings (SSSR count). The first-order valence-electron chi connectivity index (χ1n) is 10.5. The number of nitrogens with zero attached hydrogens (tertiary/aromatic N) is 2. The van der Waals surface area contributed by atoms with Crippen LogP contribution in [0.1, 0.15) is 69.8 Å². The van der Waals surface area contributed by atoms with E-state index in [1.54, 1.807) is 12.3 Å². The van der Waals surface area contributed by atoms with Crippen molar-refractivity contribution in [2.24, 2.45) is 5.41 Å². The number of carbonyl (C=O) groups excluding carboxylic acids is 1. The minimum atomic E-state index is -0.324. The molecule has 0 saturated heterocycles. The van der Waals surface area contributed by atoms with E-state index in [0.717, 1.165) is 25.7 Å². The van der Waals surface area contributed by atoms with E-state index in [1.165, 1.54) is 13.0 Å². The summed E-state index contributed by atoms with van der Waals surface area (Å²) >= 11 is 6.42. The number of halogens is 1. The van der Waals surface area contributed by atoms with Gasteiger partial charge in [0.05, 0.1) is 23.9 Å². The van der Waals surface area contributed by atoms with Crippen LogP contribution in [0.5, 0.6) is 11.5 Å². The van der Waals surface area contributed by atoms with Gasteiger partial charge in [0.2, 0.25) is 0 Å². The number of unbranched alkanes of at least 4 members (excludes halogenated alkanes) is 1. The lowest BCUT2D eigenvalue weighted by Gasteiger charge is -2.32. The van der Waals surface area contributed by atoms with Crippen LogP contribution in [0.15, 0.2) is 23.1 Å². The number of carbonyl (C=O) groups is 1. The third-order valence-electron chi connectivity index (χ3n) is 6.17. The lowest BCUT2D eigenvalue weighted by Crippen LogP contribution is -2.33. The van der Waals surface area contributed by atoms with Crippen LogP contribution in [0.4, 0.5) is 0 Å². The Bertz CT molecular complexity index is 1060. The maximum atomic E-state index is 12.7. The number of ketones is 1. The molecule has 0 N–H and O–H groups in total. The molecule has 1 aliphatic carbocycles. The van der Waals surface area contributed by atoms with Crippen LogP contribution >= 0.6 is 11.6 Å². The average molecular weight is 431 g/mol. The van der Waals surface area contributed by atoms with Crippen LogP contribution in [0, 0.1) is 5.41 Å². The molecule has 7 heteroatoms. The first-order chi connectivity index (χ1) is 14.2. The molecule has 0 radical (unpaired) electrons. The summed E-state index contributed by atoms with van der Waals surface area (Å²) in [6.07, 6.45) is 5.34. The van der Waals surface area contributed by atoms with Gasteiger partial charge in [-0.05, 0) is 31.6 Å². The van der Waals surface area contributed by atoms with Crippen LogP contribution in [0.3, 0.4) is 0 Å². The molecule has 0 aromatic carbocycles. The van der Waals surface area contributed by atoms with Gasteiger partial charge < -0.3 is 14.0 Å². The van der Waals surface area contributed by atoms with Gasteiger partial charge in [0.1, 0.15) is 11.8 Å². The molecule has 1 saturated carbocycles. The smallest absolute Gasteiger partial charge is 0.193 e. The second-order valence-corrected chi connectivity index (χ2v) is 9.21. The molecule has 1 fully saturated rings. The highest BCUT2D eigenvalue weighted by Gasteiger charge is 2.47. The average Bonchev–Trinajstić information content (AvgIpc) is 2.90. The van der Waals surface area contributed by atoms with Crippen molar-refractivity contribution in [1.82, 2.24) is 9.55 Å². The summed E-state index contributed by atoms with van der Waals surface area (Å²) in [5.74, 6) is 0.785. The van der Waals surface area contributed by atoms with E-state index in [0.29, 0.717) is 29.5 Å². The van der Waals surface area contributed by atoms with Crippen LogP contribution in [-0.2, 0) is 0 Å².